The Morgan fingerprint density at radius 1 is 1.28 bits per heavy atom. The van der Waals surface area contributed by atoms with Crippen LogP contribution in [0.1, 0.15) is 24.0 Å². The van der Waals surface area contributed by atoms with Crippen LogP contribution in [0.4, 0.5) is 0 Å². The molecule has 1 amide bonds. The number of aryl methyl sites for hydroxylation is 2. The number of rotatable bonds is 6. The number of carbonyl (C=O) groups excluding carboxylic acids is 1. The highest BCUT2D eigenvalue weighted by molar-refractivity contribution is 7.88. The van der Waals surface area contributed by atoms with Crippen molar-refractivity contribution in [3.05, 3.63) is 29.3 Å². The van der Waals surface area contributed by atoms with Crippen molar-refractivity contribution >= 4 is 15.9 Å². The second-order valence-electron chi connectivity index (χ2n) is 6.89. The summed E-state index contributed by atoms with van der Waals surface area (Å²) in [7, 11) is -1.50. The van der Waals surface area contributed by atoms with Crippen LogP contribution in [0, 0.1) is 19.8 Å². The van der Waals surface area contributed by atoms with Gasteiger partial charge in [0.25, 0.3) is 0 Å². The van der Waals surface area contributed by atoms with E-state index < -0.39 is 10.0 Å². The van der Waals surface area contributed by atoms with E-state index in [0.717, 1.165) is 29.7 Å². The Morgan fingerprint density at radius 3 is 2.52 bits per heavy atom. The third-order valence-electron chi connectivity index (χ3n) is 4.47. The Hall–Kier alpha value is -1.60. The summed E-state index contributed by atoms with van der Waals surface area (Å²) in [5.74, 6) is 0.520. The smallest absolute Gasteiger partial charge is 0.226 e. The molecule has 6 nitrogen and oxygen atoms in total. The molecule has 0 bridgehead atoms. The number of carbonyl (C=O) groups is 1. The number of hydrogen-bond acceptors (Lipinski definition) is 4. The Balaban J connectivity index is 1.85. The maximum absolute atomic E-state index is 12.6. The van der Waals surface area contributed by atoms with Crippen molar-refractivity contribution in [2.45, 2.75) is 26.7 Å². The van der Waals surface area contributed by atoms with Gasteiger partial charge in [0.2, 0.25) is 15.9 Å². The first-order valence-corrected chi connectivity index (χ1v) is 10.4. The van der Waals surface area contributed by atoms with Crippen LogP contribution >= 0.6 is 0 Å². The number of hydrogen-bond donors (Lipinski definition) is 0. The van der Waals surface area contributed by atoms with Gasteiger partial charge in [-0.1, -0.05) is 6.07 Å². The highest BCUT2D eigenvalue weighted by Gasteiger charge is 2.31. The number of piperidine rings is 1. The maximum Gasteiger partial charge on any atom is 0.226 e. The lowest BCUT2D eigenvalue weighted by Crippen LogP contribution is -2.46. The summed E-state index contributed by atoms with van der Waals surface area (Å²) in [5.41, 5.74) is 2.28. The van der Waals surface area contributed by atoms with Gasteiger partial charge >= 0.3 is 0 Å². The number of amides is 1. The van der Waals surface area contributed by atoms with Crippen LogP contribution in [-0.4, -0.2) is 63.1 Å². The van der Waals surface area contributed by atoms with E-state index in [0.29, 0.717) is 19.7 Å². The van der Waals surface area contributed by atoms with Gasteiger partial charge in [0.05, 0.1) is 18.7 Å². The van der Waals surface area contributed by atoms with E-state index in [2.05, 4.69) is 6.07 Å². The minimum absolute atomic E-state index is 0.0163. The maximum atomic E-state index is 12.6. The first kappa shape index (κ1) is 19.7. The topological polar surface area (TPSA) is 66.9 Å². The molecule has 1 atom stereocenters. The number of likely N-dealkylation sites (N-methyl/N-ethyl adjacent to an activating group) is 1. The van der Waals surface area contributed by atoms with Gasteiger partial charge in [-0.2, -0.15) is 0 Å². The van der Waals surface area contributed by atoms with E-state index in [1.54, 1.807) is 11.9 Å². The first-order valence-electron chi connectivity index (χ1n) is 8.58. The lowest BCUT2D eigenvalue weighted by Gasteiger charge is -2.32. The number of nitrogens with zero attached hydrogens (tertiary/aromatic N) is 2. The quantitative estimate of drug-likeness (QED) is 0.768. The first-order chi connectivity index (χ1) is 11.7. The van der Waals surface area contributed by atoms with E-state index >= 15 is 0 Å². The average molecular weight is 368 g/mol. The molecule has 1 aromatic rings. The third kappa shape index (κ3) is 5.71. The van der Waals surface area contributed by atoms with E-state index in [-0.39, 0.29) is 18.4 Å². The zero-order valence-corrected chi connectivity index (χ0v) is 16.3. The summed E-state index contributed by atoms with van der Waals surface area (Å²) < 4.78 is 30.5. The van der Waals surface area contributed by atoms with Gasteiger partial charge in [-0.3, -0.25) is 4.79 Å². The van der Waals surface area contributed by atoms with E-state index in [4.69, 9.17) is 4.74 Å². The fourth-order valence-corrected chi connectivity index (χ4v) is 4.10. The highest BCUT2D eigenvalue weighted by atomic mass is 32.2. The van der Waals surface area contributed by atoms with Gasteiger partial charge in [-0.15, -0.1) is 0 Å². The molecule has 7 heteroatoms. The molecule has 140 valence electrons. The number of ether oxygens (including phenoxy) is 1. The molecule has 1 fully saturated rings. The van der Waals surface area contributed by atoms with E-state index in [1.807, 2.05) is 26.0 Å². The molecule has 0 aromatic heterocycles. The van der Waals surface area contributed by atoms with Gasteiger partial charge in [0.1, 0.15) is 12.4 Å². The molecule has 0 N–H and O–H groups in total. The van der Waals surface area contributed by atoms with E-state index in [9.17, 15) is 13.2 Å². The van der Waals surface area contributed by atoms with Crippen molar-refractivity contribution < 1.29 is 17.9 Å². The van der Waals surface area contributed by atoms with Gasteiger partial charge in [-0.05, 0) is 49.9 Å². The van der Waals surface area contributed by atoms with Crippen LogP contribution < -0.4 is 4.74 Å². The standard InChI is InChI=1S/C18H28N2O4S/c1-14-10-15(2)12-17(11-14)24-9-8-19(3)18(21)16-6-5-7-20(13-16)25(4,22)23/h10-12,16H,5-9,13H2,1-4H3. The van der Waals surface area contributed by atoms with Gasteiger partial charge in [-0.25, -0.2) is 12.7 Å². The minimum atomic E-state index is -3.24. The molecule has 0 aliphatic carbocycles. The molecule has 25 heavy (non-hydrogen) atoms. The fourth-order valence-electron chi connectivity index (χ4n) is 3.18. The highest BCUT2D eigenvalue weighted by Crippen LogP contribution is 2.20. The SMILES string of the molecule is Cc1cc(C)cc(OCCN(C)C(=O)C2CCCN(S(C)(=O)=O)C2)c1. The van der Waals surface area contributed by atoms with E-state index in [1.165, 1.54) is 10.6 Å². The predicted molar refractivity (Wildman–Crippen MR) is 98.2 cm³/mol. The van der Waals surface area contributed by atoms with Crippen LogP contribution in [0.3, 0.4) is 0 Å². The molecule has 1 heterocycles. The third-order valence-corrected chi connectivity index (χ3v) is 5.74. The molecule has 0 saturated carbocycles. The summed E-state index contributed by atoms with van der Waals surface area (Å²) in [4.78, 5) is 14.2. The lowest BCUT2D eigenvalue weighted by atomic mass is 9.98. The molecular weight excluding hydrogens is 340 g/mol. The Kier molecular flexibility index (Phi) is 6.46. The Morgan fingerprint density at radius 2 is 1.92 bits per heavy atom. The summed E-state index contributed by atoms with van der Waals surface area (Å²) >= 11 is 0. The Labute approximate surface area is 150 Å². The van der Waals surface area contributed by atoms with Crippen molar-refractivity contribution in [1.29, 1.82) is 0 Å². The molecular formula is C18H28N2O4S. The molecule has 1 aliphatic heterocycles. The summed E-state index contributed by atoms with van der Waals surface area (Å²) in [5, 5.41) is 0. The van der Waals surface area contributed by atoms with Crippen molar-refractivity contribution in [2.24, 2.45) is 5.92 Å². The molecule has 1 unspecified atom stereocenters. The Bertz CT molecular complexity index is 698. The second-order valence-corrected chi connectivity index (χ2v) is 8.87. The van der Waals surface area contributed by atoms with Gasteiger partial charge in [0.15, 0.2) is 0 Å². The molecule has 0 spiro atoms. The van der Waals surface area contributed by atoms with Crippen molar-refractivity contribution in [3.63, 3.8) is 0 Å². The summed E-state index contributed by atoms with van der Waals surface area (Å²) in [6.45, 7) is 5.70. The van der Waals surface area contributed by atoms with Crippen LogP contribution in [-0.2, 0) is 14.8 Å². The molecule has 2 rings (SSSR count). The van der Waals surface area contributed by atoms with Crippen molar-refractivity contribution in [3.8, 4) is 5.75 Å². The van der Waals surface area contributed by atoms with Crippen molar-refractivity contribution in [1.82, 2.24) is 9.21 Å². The summed E-state index contributed by atoms with van der Waals surface area (Å²) in [6, 6.07) is 6.03. The monoisotopic (exact) mass is 368 g/mol. The molecule has 1 aromatic carbocycles. The predicted octanol–water partition coefficient (Wildman–Crippen LogP) is 1.81. The zero-order chi connectivity index (χ0) is 18.6. The average Bonchev–Trinajstić information content (AvgIpc) is 2.52. The molecule has 0 radical (unpaired) electrons. The van der Waals surface area contributed by atoms with Crippen molar-refractivity contribution in [2.75, 3.05) is 39.5 Å². The van der Waals surface area contributed by atoms with Crippen LogP contribution in [0.2, 0.25) is 0 Å². The zero-order valence-electron chi connectivity index (χ0n) is 15.5. The number of benzene rings is 1. The minimum Gasteiger partial charge on any atom is -0.492 e. The largest absolute Gasteiger partial charge is 0.492 e. The number of sulfonamides is 1. The van der Waals surface area contributed by atoms with Gasteiger partial charge in [0, 0.05) is 20.1 Å². The van der Waals surface area contributed by atoms with Gasteiger partial charge < -0.3 is 9.64 Å². The lowest BCUT2D eigenvalue weighted by molar-refractivity contribution is -0.135. The normalized spacial score (nSPS) is 18.8. The second kappa shape index (κ2) is 8.19. The summed E-state index contributed by atoms with van der Waals surface area (Å²) in [6.07, 6.45) is 2.64. The van der Waals surface area contributed by atoms with Crippen LogP contribution in [0.15, 0.2) is 18.2 Å². The van der Waals surface area contributed by atoms with Crippen LogP contribution in [0.5, 0.6) is 5.75 Å². The fraction of sp³-hybridized carbons (Fsp3) is 0.611. The van der Waals surface area contributed by atoms with Crippen LogP contribution in [0.25, 0.3) is 0 Å². The molecule has 1 aliphatic rings. The molecule has 1 saturated heterocycles.